The van der Waals surface area contributed by atoms with Gasteiger partial charge in [-0.1, -0.05) is 37.3 Å². The molecule has 3 aromatic rings. The number of ether oxygens (including phenoxy) is 1. The van der Waals surface area contributed by atoms with Crippen LogP contribution in [0, 0.1) is 0 Å². The summed E-state index contributed by atoms with van der Waals surface area (Å²) in [5, 5.41) is 5.94. The van der Waals surface area contributed by atoms with Crippen molar-refractivity contribution in [3.8, 4) is 5.75 Å². The van der Waals surface area contributed by atoms with Crippen LogP contribution in [-0.2, 0) is 4.79 Å². The van der Waals surface area contributed by atoms with Crippen LogP contribution in [0.2, 0.25) is 0 Å². The van der Waals surface area contributed by atoms with Crippen LogP contribution in [0.4, 0.5) is 17.1 Å². The fraction of sp³-hybridized carbons (Fsp3) is 0.231. The number of carbonyl (C=O) groups is 2. The zero-order chi connectivity index (χ0) is 22.9. The Morgan fingerprint density at radius 3 is 2.41 bits per heavy atom. The van der Waals surface area contributed by atoms with Gasteiger partial charge in [0, 0.05) is 35.7 Å². The Balaban J connectivity index is 1.58. The van der Waals surface area contributed by atoms with E-state index >= 15 is 0 Å². The first-order chi connectivity index (χ1) is 15.5. The van der Waals surface area contributed by atoms with Gasteiger partial charge in [0.25, 0.3) is 5.91 Å². The summed E-state index contributed by atoms with van der Waals surface area (Å²) in [4.78, 5) is 26.8. The number of para-hydroxylation sites is 1. The maximum atomic E-state index is 12.8. The van der Waals surface area contributed by atoms with E-state index < -0.39 is 0 Å². The SMILES string of the molecule is CCC(C)Oc1cccc(NCC(=O)Nc2cccc(C(=O)N(C)c3ccccc3)c2)c1. The average molecular weight is 432 g/mol. The van der Waals surface area contributed by atoms with Crippen molar-refractivity contribution in [2.45, 2.75) is 26.4 Å². The summed E-state index contributed by atoms with van der Waals surface area (Å²) in [6.07, 6.45) is 1.05. The highest BCUT2D eigenvalue weighted by molar-refractivity contribution is 6.06. The molecule has 0 saturated carbocycles. The second-order valence-electron chi connectivity index (χ2n) is 7.55. The van der Waals surface area contributed by atoms with Gasteiger partial charge in [-0.3, -0.25) is 9.59 Å². The number of rotatable bonds is 9. The zero-order valence-electron chi connectivity index (χ0n) is 18.7. The van der Waals surface area contributed by atoms with Crippen LogP contribution in [0.15, 0.2) is 78.9 Å². The Morgan fingerprint density at radius 1 is 0.938 bits per heavy atom. The van der Waals surface area contributed by atoms with Crippen molar-refractivity contribution in [3.05, 3.63) is 84.4 Å². The summed E-state index contributed by atoms with van der Waals surface area (Å²) in [5.41, 5.74) is 2.67. The van der Waals surface area contributed by atoms with Crippen LogP contribution in [0.3, 0.4) is 0 Å². The van der Waals surface area contributed by atoms with E-state index in [9.17, 15) is 9.59 Å². The van der Waals surface area contributed by atoms with Crippen molar-refractivity contribution >= 4 is 28.9 Å². The van der Waals surface area contributed by atoms with Crippen LogP contribution in [-0.4, -0.2) is 31.5 Å². The molecule has 0 aromatic heterocycles. The lowest BCUT2D eigenvalue weighted by Gasteiger charge is -2.18. The first-order valence-electron chi connectivity index (χ1n) is 10.7. The molecule has 32 heavy (non-hydrogen) atoms. The summed E-state index contributed by atoms with van der Waals surface area (Å²) >= 11 is 0. The molecule has 0 heterocycles. The number of benzene rings is 3. The second kappa shape index (κ2) is 11.0. The molecule has 0 aliphatic heterocycles. The van der Waals surface area contributed by atoms with E-state index in [0.717, 1.165) is 23.5 Å². The van der Waals surface area contributed by atoms with Crippen molar-refractivity contribution in [1.29, 1.82) is 0 Å². The molecule has 1 atom stereocenters. The monoisotopic (exact) mass is 431 g/mol. The highest BCUT2D eigenvalue weighted by atomic mass is 16.5. The van der Waals surface area contributed by atoms with Crippen molar-refractivity contribution in [2.75, 3.05) is 29.1 Å². The number of nitrogens with one attached hydrogen (secondary N) is 2. The van der Waals surface area contributed by atoms with E-state index in [0.29, 0.717) is 11.3 Å². The summed E-state index contributed by atoms with van der Waals surface area (Å²) in [5.74, 6) is 0.404. The van der Waals surface area contributed by atoms with Crippen molar-refractivity contribution in [1.82, 2.24) is 0 Å². The summed E-state index contributed by atoms with van der Waals surface area (Å²) in [7, 11) is 1.73. The van der Waals surface area contributed by atoms with E-state index in [1.54, 1.807) is 36.2 Å². The predicted octanol–water partition coefficient (Wildman–Crippen LogP) is 5.19. The molecule has 2 N–H and O–H groups in total. The van der Waals surface area contributed by atoms with Crippen LogP contribution in [0.5, 0.6) is 5.75 Å². The van der Waals surface area contributed by atoms with Gasteiger partial charge in [0.15, 0.2) is 0 Å². The minimum absolute atomic E-state index is 0.0921. The maximum absolute atomic E-state index is 12.8. The molecule has 3 rings (SSSR count). The Bertz CT molecular complexity index is 1050. The summed E-state index contributed by atoms with van der Waals surface area (Å²) < 4.78 is 5.82. The van der Waals surface area contributed by atoms with Crippen molar-refractivity contribution in [2.24, 2.45) is 0 Å². The van der Waals surface area contributed by atoms with E-state index in [1.807, 2.05) is 61.5 Å². The topological polar surface area (TPSA) is 70.7 Å². The number of anilines is 3. The van der Waals surface area contributed by atoms with E-state index in [4.69, 9.17) is 4.74 Å². The smallest absolute Gasteiger partial charge is 0.258 e. The third kappa shape index (κ3) is 6.35. The third-order valence-electron chi connectivity index (χ3n) is 5.04. The Labute approximate surface area is 189 Å². The highest BCUT2D eigenvalue weighted by Crippen LogP contribution is 2.20. The lowest BCUT2D eigenvalue weighted by molar-refractivity contribution is -0.114. The van der Waals surface area contributed by atoms with Gasteiger partial charge < -0.3 is 20.3 Å². The molecule has 0 bridgehead atoms. The fourth-order valence-electron chi connectivity index (χ4n) is 3.08. The third-order valence-corrected chi connectivity index (χ3v) is 5.04. The molecule has 0 saturated heterocycles. The Morgan fingerprint density at radius 2 is 1.66 bits per heavy atom. The van der Waals surface area contributed by atoms with Crippen LogP contribution in [0.25, 0.3) is 0 Å². The molecule has 166 valence electrons. The maximum Gasteiger partial charge on any atom is 0.258 e. The van der Waals surface area contributed by atoms with Gasteiger partial charge in [-0.2, -0.15) is 0 Å². The molecule has 0 radical (unpaired) electrons. The molecule has 0 aliphatic carbocycles. The van der Waals surface area contributed by atoms with Gasteiger partial charge in [0.2, 0.25) is 5.91 Å². The van der Waals surface area contributed by atoms with Gasteiger partial charge >= 0.3 is 0 Å². The van der Waals surface area contributed by atoms with Gasteiger partial charge in [-0.15, -0.1) is 0 Å². The Kier molecular flexibility index (Phi) is 7.86. The summed E-state index contributed by atoms with van der Waals surface area (Å²) in [6.45, 7) is 4.18. The second-order valence-corrected chi connectivity index (χ2v) is 7.55. The van der Waals surface area contributed by atoms with Gasteiger partial charge in [-0.25, -0.2) is 0 Å². The molecule has 0 fully saturated rings. The van der Waals surface area contributed by atoms with E-state index in [1.165, 1.54) is 0 Å². The molecule has 6 heteroatoms. The van der Waals surface area contributed by atoms with Gasteiger partial charge in [-0.05, 0) is 55.8 Å². The van der Waals surface area contributed by atoms with Crippen LogP contribution >= 0.6 is 0 Å². The molecule has 0 aliphatic rings. The van der Waals surface area contributed by atoms with E-state index in [2.05, 4.69) is 17.6 Å². The lowest BCUT2D eigenvalue weighted by atomic mass is 10.1. The summed E-state index contributed by atoms with van der Waals surface area (Å²) in [6, 6.07) is 23.9. The molecular formula is C26H29N3O3. The van der Waals surface area contributed by atoms with E-state index in [-0.39, 0.29) is 24.5 Å². The average Bonchev–Trinajstić information content (AvgIpc) is 2.82. The van der Waals surface area contributed by atoms with Crippen LogP contribution in [0.1, 0.15) is 30.6 Å². The number of hydrogen-bond donors (Lipinski definition) is 2. The molecule has 6 nitrogen and oxygen atoms in total. The number of amides is 2. The molecule has 0 spiro atoms. The fourth-order valence-corrected chi connectivity index (χ4v) is 3.08. The Hall–Kier alpha value is -3.80. The predicted molar refractivity (Wildman–Crippen MR) is 130 cm³/mol. The first kappa shape index (κ1) is 22.9. The standard InChI is InChI=1S/C26H29N3O3/c1-4-19(2)32-24-15-9-11-21(17-24)27-18-25(30)28-22-12-8-10-20(16-22)26(31)29(3)23-13-6-5-7-14-23/h5-17,19,27H,4,18H2,1-3H3,(H,28,30). The minimum atomic E-state index is -0.209. The van der Waals surface area contributed by atoms with Crippen LogP contribution < -0.4 is 20.3 Å². The number of carbonyl (C=O) groups excluding carboxylic acids is 2. The minimum Gasteiger partial charge on any atom is -0.491 e. The molecule has 3 aromatic carbocycles. The number of hydrogen-bond acceptors (Lipinski definition) is 4. The largest absolute Gasteiger partial charge is 0.491 e. The molecular weight excluding hydrogens is 402 g/mol. The van der Waals surface area contributed by atoms with Crippen molar-refractivity contribution < 1.29 is 14.3 Å². The lowest BCUT2D eigenvalue weighted by Crippen LogP contribution is -2.26. The first-order valence-corrected chi connectivity index (χ1v) is 10.7. The van der Waals surface area contributed by atoms with Gasteiger partial charge in [0.1, 0.15) is 5.75 Å². The molecule has 2 amide bonds. The van der Waals surface area contributed by atoms with Gasteiger partial charge in [0.05, 0.1) is 12.6 Å². The molecule has 1 unspecified atom stereocenters. The highest BCUT2D eigenvalue weighted by Gasteiger charge is 2.14. The number of nitrogens with zero attached hydrogens (tertiary/aromatic N) is 1. The normalized spacial score (nSPS) is 11.3. The van der Waals surface area contributed by atoms with Crippen molar-refractivity contribution in [3.63, 3.8) is 0 Å². The zero-order valence-corrected chi connectivity index (χ0v) is 18.7. The quantitative estimate of drug-likeness (QED) is 0.489.